The van der Waals surface area contributed by atoms with E-state index in [-0.39, 0.29) is 5.78 Å². The van der Waals surface area contributed by atoms with Crippen molar-refractivity contribution in [3.8, 4) is 5.75 Å². The summed E-state index contributed by atoms with van der Waals surface area (Å²) in [6.07, 6.45) is 2.91. The van der Waals surface area contributed by atoms with E-state index < -0.39 is 12.6 Å². The Morgan fingerprint density at radius 2 is 1.65 bits per heavy atom. The quantitative estimate of drug-likeness (QED) is 0.593. The fourth-order valence-electron chi connectivity index (χ4n) is 1.78. The van der Waals surface area contributed by atoms with Crippen LogP contribution >= 0.6 is 23.2 Å². The van der Waals surface area contributed by atoms with Crippen molar-refractivity contribution in [1.29, 1.82) is 0 Å². The molecule has 0 bridgehead atoms. The molecule has 0 aliphatic rings. The standard InChI is InChI=1S/C17H12Cl2O4/c18-14-2-1-3-15(19)13(14)8-9-16(20)11-4-6-12(7-5-11)23-10-17(21)22/h1-9H,10H2,(H,21,22)/p-1/b9-8+. The van der Waals surface area contributed by atoms with Crippen LogP contribution in [0.1, 0.15) is 15.9 Å². The molecule has 6 heteroatoms. The number of benzene rings is 2. The number of allylic oxidation sites excluding steroid dienone is 1. The zero-order valence-corrected chi connectivity index (χ0v) is 13.3. The van der Waals surface area contributed by atoms with Gasteiger partial charge in [0.1, 0.15) is 12.4 Å². The molecule has 0 radical (unpaired) electrons. The zero-order chi connectivity index (χ0) is 16.8. The highest BCUT2D eigenvalue weighted by Crippen LogP contribution is 2.25. The molecule has 0 aromatic heterocycles. The normalized spacial score (nSPS) is 10.7. The van der Waals surface area contributed by atoms with Gasteiger partial charge in [-0.1, -0.05) is 29.3 Å². The SMILES string of the molecule is O=C([O-])COc1ccc(C(=O)/C=C/c2c(Cl)cccc2Cl)cc1. The van der Waals surface area contributed by atoms with Crippen LogP contribution in [0.4, 0.5) is 0 Å². The highest BCUT2D eigenvalue weighted by atomic mass is 35.5. The summed E-state index contributed by atoms with van der Waals surface area (Å²) in [5.74, 6) is -1.22. The molecule has 0 N–H and O–H groups in total. The van der Waals surface area contributed by atoms with Gasteiger partial charge in [-0.3, -0.25) is 4.79 Å². The van der Waals surface area contributed by atoms with Crippen molar-refractivity contribution in [3.05, 3.63) is 69.7 Å². The van der Waals surface area contributed by atoms with E-state index in [2.05, 4.69) is 0 Å². The summed E-state index contributed by atoms with van der Waals surface area (Å²) in [6, 6.07) is 11.2. The van der Waals surface area contributed by atoms with Crippen LogP contribution in [0.25, 0.3) is 6.08 Å². The summed E-state index contributed by atoms with van der Waals surface area (Å²) in [4.78, 5) is 22.4. The first kappa shape index (κ1) is 17.1. The van der Waals surface area contributed by atoms with Crippen molar-refractivity contribution in [3.63, 3.8) is 0 Å². The number of carbonyl (C=O) groups excluding carboxylic acids is 2. The van der Waals surface area contributed by atoms with Gasteiger partial charge in [-0.05, 0) is 48.6 Å². The van der Waals surface area contributed by atoms with E-state index in [0.717, 1.165) is 0 Å². The van der Waals surface area contributed by atoms with Crippen LogP contribution in [0.2, 0.25) is 10.0 Å². The number of hydrogen-bond donors (Lipinski definition) is 0. The van der Waals surface area contributed by atoms with Crippen molar-refractivity contribution >= 4 is 41.0 Å². The van der Waals surface area contributed by atoms with E-state index in [1.165, 1.54) is 30.3 Å². The Balaban J connectivity index is 2.09. The Kier molecular flexibility index (Phi) is 5.79. The Bertz CT molecular complexity index is 731. The van der Waals surface area contributed by atoms with Gasteiger partial charge in [-0.2, -0.15) is 0 Å². The zero-order valence-electron chi connectivity index (χ0n) is 11.8. The Morgan fingerprint density at radius 1 is 1.04 bits per heavy atom. The first-order valence-electron chi connectivity index (χ1n) is 6.56. The van der Waals surface area contributed by atoms with E-state index in [1.54, 1.807) is 24.3 Å². The molecule has 0 spiro atoms. The first-order chi connectivity index (χ1) is 11.0. The maximum Gasteiger partial charge on any atom is 0.185 e. The fraction of sp³-hybridized carbons (Fsp3) is 0.0588. The molecular weight excluding hydrogens is 339 g/mol. The number of carboxylic acid groups (broad SMARTS) is 1. The summed E-state index contributed by atoms with van der Waals surface area (Å²) in [7, 11) is 0. The lowest BCUT2D eigenvalue weighted by atomic mass is 10.1. The van der Waals surface area contributed by atoms with Gasteiger partial charge in [0.25, 0.3) is 0 Å². The summed E-state index contributed by atoms with van der Waals surface area (Å²) in [5, 5.41) is 11.2. The first-order valence-corrected chi connectivity index (χ1v) is 7.32. The minimum Gasteiger partial charge on any atom is -0.546 e. The van der Waals surface area contributed by atoms with Crippen molar-refractivity contribution in [2.24, 2.45) is 0 Å². The summed E-state index contributed by atoms with van der Waals surface area (Å²) in [6.45, 7) is -0.543. The van der Waals surface area contributed by atoms with Gasteiger partial charge in [-0.15, -0.1) is 0 Å². The third-order valence-corrected chi connectivity index (χ3v) is 3.56. The van der Waals surface area contributed by atoms with Crippen molar-refractivity contribution in [1.82, 2.24) is 0 Å². The number of ether oxygens (including phenoxy) is 1. The van der Waals surface area contributed by atoms with Gasteiger partial charge >= 0.3 is 0 Å². The van der Waals surface area contributed by atoms with E-state index >= 15 is 0 Å². The Labute approximate surface area is 142 Å². The van der Waals surface area contributed by atoms with Crippen LogP contribution in [0, 0.1) is 0 Å². The molecule has 0 amide bonds. The third-order valence-electron chi connectivity index (χ3n) is 2.90. The summed E-state index contributed by atoms with van der Waals surface area (Å²) >= 11 is 12.0. The predicted octanol–water partition coefficient (Wildman–Crippen LogP) is 3.02. The molecule has 23 heavy (non-hydrogen) atoms. The molecular formula is C17H11Cl2O4-. The van der Waals surface area contributed by atoms with Crippen LogP contribution in [0.3, 0.4) is 0 Å². The van der Waals surface area contributed by atoms with Crippen LogP contribution in [-0.2, 0) is 4.79 Å². The van der Waals surface area contributed by atoms with Gasteiger partial charge in [0.15, 0.2) is 5.78 Å². The number of ketones is 1. The van der Waals surface area contributed by atoms with Crippen molar-refractivity contribution in [2.75, 3.05) is 6.61 Å². The van der Waals surface area contributed by atoms with Crippen LogP contribution in [-0.4, -0.2) is 18.4 Å². The predicted molar refractivity (Wildman–Crippen MR) is 86.8 cm³/mol. The van der Waals surface area contributed by atoms with Crippen LogP contribution in [0.5, 0.6) is 5.75 Å². The third kappa shape index (κ3) is 4.84. The molecule has 0 unspecified atom stereocenters. The second kappa shape index (κ2) is 7.81. The number of hydrogen-bond acceptors (Lipinski definition) is 4. The largest absolute Gasteiger partial charge is 0.546 e. The highest BCUT2D eigenvalue weighted by Gasteiger charge is 2.05. The van der Waals surface area contributed by atoms with E-state index in [1.807, 2.05) is 0 Å². The lowest BCUT2D eigenvalue weighted by Crippen LogP contribution is -2.28. The molecule has 4 nitrogen and oxygen atoms in total. The Morgan fingerprint density at radius 3 is 2.22 bits per heavy atom. The minimum absolute atomic E-state index is 0.243. The van der Waals surface area contributed by atoms with Gasteiger partial charge < -0.3 is 14.6 Å². The maximum absolute atomic E-state index is 12.1. The summed E-state index contributed by atoms with van der Waals surface area (Å²) < 4.78 is 4.94. The molecule has 0 fully saturated rings. The van der Waals surface area contributed by atoms with Crippen molar-refractivity contribution in [2.45, 2.75) is 0 Å². The van der Waals surface area contributed by atoms with Gasteiger partial charge in [0, 0.05) is 21.2 Å². The molecule has 0 saturated heterocycles. The Hall–Kier alpha value is -2.30. The molecule has 118 valence electrons. The minimum atomic E-state index is -1.32. The van der Waals surface area contributed by atoms with E-state index in [0.29, 0.717) is 26.9 Å². The molecule has 2 rings (SSSR count). The second-order valence-electron chi connectivity index (χ2n) is 4.52. The van der Waals surface area contributed by atoms with Gasteiger partial charge in [0.05, 0.1) is 5.97 Å². The average Bonchev–Trinajstić information content (AvgIpc) is 2.52. The molecule has 0 aliphatic carbocycles. The molecule has 0 atom stereocenters. The molecule has 2 aromatic carbocycles. The van der Waals surface area contributed by atoms with Crippen molar-refractivity contribution < 1.29 is 19.4 Å². The van der Waals surface area contributed by atoms with Crippen LogP contribution < -0.4 is 9.84 Å². The number of aliphatic carboxylic acids is 1. The monoisotopic (exact) mass is 349 g/mol. The fourth-order valence-corrected chi connectivity index (χ4v) is 2.31. The highest BCUT2D eigenvalue weighted by molar-refractivity contribution is 6.37. The van der Waals surface area contributed by atoms with Gasteiger partial charge in [0.2, 0.25) is 0 Å². The lowest BCUT2D eigenvalue weighted by Gasteiger charge is -2.06. The molecule has 0 saturated carbocycles. The number of halogens is 2. The topological polar surface area (TPSA) is 66.4 Å². The lowest BCUT2D eigenvalue weighted by molar-refractivity contribution is -0.307. The van der Waals surface area contributed by atoms with Gasteiger partial charge in [-0.25, -0.2) is 0 Å². The molecule has 0 aliphatic heterocycles. The van der Waals surface area contributed by atoms with E-state index in [9.17, 15) is 14.7 Å². The van der Waals surface area contributed by atoms with Crippen LogP contribution in [0.15, 0.2) is 48.5 Å². The smallest absolute Gasteiger partial charge is 0.185 e. The molecule has 2 aromatic rings. The summed E-state index contributed by atoms with van der Waals surface area (Å²) in [5.41, 5.74) is 0.989. The maximum atomic E-state index is 12.1. The number of carboxylic acids is 1. The van der Waals surface area contributed by atoms with E-state index in [4.69, 9.17) is 27.9 Å². The number of carbonyl (C=O) groups is 2. The second-order valence-corrected chi connectivity index (χ2v) is 5.33. The molecule has 0 heterocycles. The average molecular weight is 350 g/mol. The number of rotatable bonds is 6.